The summed E-state index contributed by atoms with van der Waals surface area (Å²) in [6.45, 7) is 8.10. The molecule has 0 aromatic carbocycles. The molecule has 2 atom stereocenters. The molecule has 0 N–H and O–H groups in total. The van der Waals surface area contributed by atoms with Gasteiger partial charge in [0.05, 0.1) is 6.04 Å². The molecule has 15 heavy (non-hydrogen) atoms. The van der Waals surface area contributed by atoms with Crippen molar-refractivity contribution in [2.45, 2.75) is 45.8 Å². The maximum absolute atomic E-state index is 11.7. The Morgan fingerprint density at radius 3 is 2.53 bits per heavy atom. The molecule has 1 heterocycles. The van der Waals surface area contributed by atoms with E-state index in [1.807, 2.05) is 27.7 Å². The van der Waals surface area contributed by atoms with Crippen molar-refractivity contribution in [3.63, 3.8) is 0 Å². The van der Waals surface area contributed by atoms with Crippen LogP contribution in [0.5, 0.6) is 0 Å². The highest BCUT2D eigenvalue weighted by Gasteiger charge is 2.35. The van der Waals surface area contributed by atoms with Crippen molar-refractivity contribution >= 4 is 12.4 Å². The molecular formula is C11H19NO3. The lowest BCUT2D eigenvalue weighted by atomic mass is 10.1. The Labute approximate surface area is 90.6 Å². The third kappa shape index (κ3) is 3.22. The summed E-state index contributed by atoms with van der Waals surface area (Å²) < 4.78 is 5.23. The van der Waals surface area contributed by atoms with Gasteiger partial charge in [0.25, 0.3) is 0 Å². The summed E-state index contributed by atoms with van der Waals surface area (Å²) >= 11 is 0. The van der Waals surface area contributed by atoms with Crippen LogP contribution in [-0.4, -0.2) is 35.5 Å². The van der Waals surface area contributed by atoms with Crippen LogP contribution >= 0.6 is 0 Å². The quantitative estimate of drug-likeness (QED) is 0.624. The lowest BCUT2D eigenvalue weighted by Crippen LogP contribution is -2.40. The molecule has 4 heteroatoms. The van der Waals surface area contributed by atoms with E-state index in [0.29, 0.717) is 12.5 Å². The van der Waals surface area contributed by atoms with Gasteiger partial charge in [0.2, 0.25) is 0 Å². The van der Waals surface area contributed by atoms with Crippen molar-refractivity contribution in [3.8, 4) is 0 Å². The van der Waals surface area contributed by atoms with Crippen molar-refractivity contribution in [2.75, 3.05) is 6.54 Å². The van der Waals surface area contributed by atoms with Gasteiger partial charge in [-0.05, 0) is 33.1 Å². The minimum atomic E-state index is -0.504. The lowest BCUT2D eigenvalue weighted by molar-refractivity contribution is -0.111. The number of amides is 1. The molecule has 1 aliphatic heterocycles. The Morgan fingerprint density at radius 1 is 1.47 bits per heavy atom. The van der Waals surface area contributed by atoms with Gasteiger partial charge in [-0.15, -0.1) is 0 Å². The van der Waals surface area contributed by atoms with Crippen molar-refractivity contribution in [2.24, 2.45) is 5.92 Å². The van der Waals surface area contributed by atoms with Crippen LogP contribution in [0.3, 0.4) is 0 Å². The zero-order valence-electron chi connectivity index (χ0n) is 9.82. The number of nitrogens with zero attached hydrogens (tertiary/aromatic N) is 1. The Morgan fingerprint density at radius 2 is 2.07 bits per heavy atom. The minimum absolute atomic E-state index is 0.310. The molecular weight excluding hydrogens is 194 g/mol. The molecule has 0 radical (unpaired) electrons. The highest BCUT2D eigenvalue weighted by Crippen LogP contribution is 2.23. The smallest absolute Gasteiger partial charge is 0.410 e. The first-order chi connectivity index (χ1) is 6.83. The van der Waals surface area contributed by atoms with Crippen molar-refractivity contribution < 1.29 is 14.3 Å². The summed E-state index contributed by atoms with van der Waals surface area (Å²) in [5.74, 6) is 0.368. The summed E-state index contributed by atoms with van der Waals surface area (Å²) in [4.78, 5) is 24.0. The Kier molecular flexibility index (Phi) is 3.37. The number of hydrogen-bond donors (Lipinski definition) is 0. The number of likely N-dealkylation sites (tertiary alicyclic amines) is 1. The average molecular weight is 213 g/mol. The summed E-state index contributed by atoms with van der Waals surface area (Å²) in [5, 5.41) is 0. The Bertz CT molecular complexity index is 257. The number of carbonyl (C=O) groups excluding carboxylic acids is 2. The summed E-state index contributed by atoms with van der Waals surface area (Å²) in [7, 11) is 0. The third-order valence-corrected chi connectivity index (χ3v) is 2.34. The maximum atomic E-state index is 11.7. The second-order valence-corrected chi connectivity index (χ2v) is 5.18. The fourth-order valence-corrected chi connectivity index (χ4v) is 1.74. The number of hydrogen-bond acceptors (Lipinski definition) is 3. The molecule has 0 saturated carbocycles. The van der Waals surface area contributed by atoms with Gasteiger partial charge in [0, 0.05) is 6.54 Å². The van der Waals surface area contributed by atoms with E-state index in [0.717, 1.165) is 12.7 Å². The fourth-order valence-electron chi connectivity index (χ4n) is 1.74. The number of carbonyl (C=O) groups is 2. The van der Waals surface area contributed by atoms with E-state index in [1.54, 1.807) is 0 Å². The summed E-state index contributed by atoms with van der Waals surface area (Å²) in [5.41, 5.74) is -0.504. The van der Waals surface area contributed by atoms with Crippen LogP contribution in [0.15, 0.2) is 0 Å². The van der Waals surface area contributed by atoms with E-state index >= 15 is 0 Å². The average Bonchev–Trinajstić information content (AvgIpc) is 2.43. The predicted octanol–water partition coefficient (Wildman–Crippen LogP) is 1.83. The van der Waals surface area contributed by atoms with Crippen LogP contribution in [0.4, 0.5) is 4.79 Å². The summed E-state index contributed by atoms with van der Waals surface area (Å²) in [6, 6.07) is -0.310. The molecule has 0 spiro atoms. The van der Waals surface area contributed by atoms with Gasteiger partial charge in [-0.3, -0.25) is 4.90 Å². The predicted molar refractivity (Wildman–Crippen MR) is 56.6 cm³/mol. The van der Waals surface area contributed by atoms with Gasteiger partial charge in [-0.25, -0.2) is 4.79 Å². The molecule has 1 unspecified atom stereocenters. The first-order valence-electron chi connectivity index (χ1n) is 5.28. The molecule has 0 aromatic heterocycles. The SMILES string of the molecule is CC1C[C@@H](C=O)N(C(=O)OC(C)(C)C)C1. The van der Waals surface area contributed by atoms with E-state index in [4.69, 9.17) is 4.74 Å². The normalized spacial score (nSPS) is 26.5. The second-order valence-electron chi connectivity index (χ2n) is 5.18. The van der Waals surface area contributed by atoms with Crippen LogP contribution in [0.2, 0.25) is 0 Å². The van der Waals surface area contributed by atoms with Crippen LogP contribution in [0.25, 0.3) is 0 Å². The van der Waals surface area contributed by atoms with Gasteiger partial charge in [0.15, 0.2) is 0 Å². The third-order valence-electron chi connectivity index (χ3n) is 2.34. The van der Waals surface area contributed by atoms with Crippen molar-refractivity contribution in [1.82, 2.24) is 4.90 Å². The van der Waals surface area contributed by atoms with Gasteiger partial charge >= 0.3 is 6.09 Å². The van der Waals surface area contributed by atoms with E-state index < -0.39 is 5.60 Å². The Hall–Kier alpha value is -1.06. The first-order valence-corrected chi connectivity index (χ1v) is 5.28. The lowest BCUT2D eigenvalue weighted by Gasteiger charge is -2.26. The van der Waals surface area contributed by atoms with Crippen LogP contribution in [0.1, 0.15) is 34.1 Å². The van der Waals surface area contributed by atoms with Crippen molar-refractivity contribution in [3.05, 3.63) is 0 Å². The van der Waals surface area contributed by atoms with Gasteiger partial charge in [-0.2, -0.15) is 0 Å². The number of rotatable bonds is 1. The molecule has 1 rings (SSSR count). The zero-order chi connectivity index (χ0) is 11.6. The molecule has 1 amide bonds. The van der Waals surface area contributed by atoms with E-state index in [1.165, 1.54) is 4.90 Å². The number of aldehydes is 1. The fraction of sp³-hybridized carbons (Fsp3) is 0.818. The molecule has 1 fully saturated rings. The topological polar surface area (TPSA) is 46.6 Å². The Balaban J connectivity index is 2.63. The van der Waals surface area contributed by atoms with E-state index in [2.05, 4.69) is 0 Å². The minimum Gasteiger partial charge on any atom is -0.444 e. The molecule has 0 aromatic rings. The second kappa shape index (κ2) is 4.21. The van der Waals surface area contributed by atoms with Crippen LogP contribution < -0.4 is 0 Å². The number of ether oxygens (including phenoxy) is 1. The van der Waals surface area contributed by atoms with Crippen LogP contribution in [-0.2, 0) is 9.53 Å². The van der Waals surface area contributed by atoms with Gasteiger partial charge in [0.1, 0.15) is 11.9 Å². The zero-order valence-corrected chi connectivity index (χ0v) is 9.82. The van der Waals surface area contributed by atoms with E-state index in [-0.39, 0.29) is 12.1 Å². The summed E-state index contributed by atoms with van der Waals surface area (Å²) in [6.07, 6.45) is 1.18. The van der Waals surface area contributed by atoms with Gasteiger partial charge in [-0.1, -0.05) is 6.92 Å². The molecule has 4 nitrogen and oxygen atoms in total. The molecule has 1 aliphatic rings. The van der Waals surface area contributed by atoms with E-state index in [9.17, 15) is 9.59 Å². The van der Waals surface area contributed by atoms with Crippen molar-refractivity contribution in [1.29, 1.82) is 0 Å². The van der Waals surface area contributed by atoms with Gasteiger partial charge < -0.3 is 9.53 Å². The molecule has 86 valence electrons. The monoisotopic (exact) mass is 213 g/mol. The highest BCUT2D eigenvalue weighted by molar-refractivity contribution is 5.74. The standard InChI is InChI=1S/C11H19NO3/c1-8-5-9(7-13)12(6-8)10(14)15-11(2,3)4/h7-9H,5-6H2,1-4H3/t8?,9-/m0/s1. The highest BCUT2D eigenvalue weighted by atomic mass is 16.6. The van der Waals surface area contributed by atoms with Crippen LogP contribution in [0, 0.1) is 5.92 Å². The largest absolute Gasteiger partial charge is 0.444 e. The maximum Gasteiger partial charge on any atom is 0.410 e. The molecule has 0 aliphatic carbocycles. The molecule has 1 saturated heterocycles. The first kappa shape index (κ1) is 12.0. The molecule has 0 bridgehead atoms.